The van der Waals surface area contributed by atoms with Gasteiger partial charge in [-0.2, -0.15) is 0 Å². The summed E-state index contributed by atoms with van der Waals surface area (Å²) in [6.07, 6.45) is 5.88. The molecule has 1 saturated carbocycles. The van der Waals surface area contributed by atoms with Crippen molar-refractivity contribution in [3.05, 3.63) is 29.6 Å². The highest BCUT2D eigenvalue weighted by molar-refractivity contribution is 5.73. The maximum absolute atomic E-state index is 13.4. The zero-order valence-electron chi connectivity index (χ0n) is 14.2. The third kappa shape index (κ3) is 6.00. The Morgan fingerprint density at radius 1 is 1.29 bits per heavy atom. The van der Waals surface area contributed by atoms with Crippen LogP contribution in [0, 0.1) is 11.7 Å². The van der Waals surface area contributed by atoms with Gasteiger partial charge in [0, 0.05) is 19.2 Å². The standard InChI is InChI=1S/C18H27FN2O3/c1-24-16-10-13(9-15(19)11-16)12-21-18(23)20-8-4-6-14-5-2-3-7-17(14)22/h9-11,14,17,22H,2-8,12H2,1H3,(H2,20,21,23). The topological polar surface area (TPSA) is 70.6 Å². The van der Waals surface area contributed by atoms with Gasteiger partial charge in [-0.3, -0.25) is 0 Å². The van der Waals surface area contributed by atoms with E-state index in [0.29, 0.717) is 23.8 Å². The lowest BCUT2D eigenvalue weighted by molar-refractivity contribution is 0.0644. The average molecular weight is 338 g/mol. The van der Waals surface area contributed by atoms with Crippen LogP contribution >= 0.6 is 0 Å². The average Bonchev–Trinajstić information content (AvgIpc) is 2.58. The van der Waals surface area contributed by atoms with Gasteiger partial charge >= 0.3 is 6.03 Å². The zero-order valence-corrected chi connectivity index (χ0v) is 14.2. The van der Waals surface area contributed by atoms with E-state index in [1.54, 1.807) is 6.07 Å². The Morgan fingerprint density at radius 2 is 2.08 bits per heavy atom. The molecular weight excluding hydrogens is 311 g/mol. The molecule has 0 bridgehead atoms. The van der Waals surface area contributed by atoms with Crippen LogP contribution in [0.15, 0.2) is 18.2 Å². The van der Waals surface area contributed by atoms with Crippen molar-refractivity contribution >= 4 is 6.03 Å². The Hall–Kier alpha value is -1.82. The van der Waals surface area contributed by atoms with E-state index in [0.717, 1.165) is 32.1 Å². The highest BCUT2D eigenvalue weighted by Crippen LogP contribution is 2.27. The molecule has 0 heterocycles. The first-order valence-corrected chi connectivity index (χ1v) is 8.61. The van der Waals surface area contributed by atoms with E-state index in [4.69, 9.17) is 4.74 Å². The van der Waals surface area contributed by atoms with E-state index in [2.05, 4.69) is 10.6 Å². The van der Waals surface area contributed by atoms with E-state index in [1.807, 2.05) is 0 Å². The molecule has 0 aromatic heterocycles. The Kier molecular flexibility index (Phi) is 7.31. The van der Waals surface area contributed by atoms with Crippen LogP contribution in [0.25, 0.3) is 0 Å². The van der Waals surface area contributed by atoms with Gasteiger partial charge in [-0.1, -0.05) is 12.8 Å². The fraction of sp³-hybridized carbons (Fsp3) is 0.611. The molecule has 1 aromatic carbocycles. The van der Waals surface area contributed by atoms with Crippen LogP contribution < -0.4 is 15.4 Å². The number of benzene rings is 1. The minimum absolute atomic E-state index is 0.185. The van der Waals surface area contributed by atoms with Crippen molar-refractivity contribution in [3.8, 4) is 5.75 Å². The Balaban J connectivity index is 1.64. The van der Waals surface area contributed by atoms with Gasteiger partial charge in [-0.05, 0) is 49.3 Å². The normalized spacial score (nSPS) is 20.5. The molecule has 1 aliphatic carbocycles. The molecule has 0 radical (unpaired) electrons. The molecule has 5 nitrogen and oxygen atoms in total. The summed E-state index contributed by atoms with van der Waals surface area (Å²) in [5.41, 5.74) is 0.646. The molecule has 2 unspecified atom stereocenters. The number of halogens is 1. The minimum atomic E-state index is -0.391. The van der Waals surface area contributed by atoms with Crippen molar-refractivity contribution in [2.45, 2.75) is 51.2 Å². The Morgan fingerprint density at radius 3 is 2.83 bits per heavy atom. The van der Waals surface area contributed by atoms with Gasteiger partial charge in [0.05, 0.1) is 13.2 Å². The van der Waals surface area contributed by atoms with Crippen molar-refractivity contribution in [2.75, 3.05) is 13.7 Å². The third-order valence-electron chi connectivity index (χ3n) is 4.53. The minimum Gasteiger partial charge on any atom is -0.497 e. The van der Waals surface area contributed by atoms with E-state index >= 15 is 0 Å². The second kappa shape index (κ2) is 9.47. The SMILES string of the molecule is COc1cc(F)cc(CNC(=O)NCCCC2CCCCC2O)c1. The van der Waals surface area contributed by atoms with Gasteiger partial charge in [-0.25, -0.2) is 9.18 Å². The molecule has 0 saturated heterocycles. The molecule has 6 heteroatoms. The molecular formula is C18H27FN2O3. The van der Waals surface area contributed by atoms with Gasteiger partial charge in [0.1, 0.15) is 11.6 Å². The first kappa shape index (κ1) is 18.5. The fourth-order valence-electron chi connectivity index (χ4n) is 3.18. The fourth-order valence-corrected chi connectivity index (χ4v) is 3.18. The number of hydrogen-bond donors (Lipinski definition) is 3. The van der Waals surface area contributed by atoms with Crippen molar-refractivity contribution in [2.24, 2.45) is 5.92 Å². The highest BCUT2D eigenvalue weighted by Gasteiger charge is 2.22. The summed E-state index contributed by atoms with van der Waals surface area (Å²) in [4.78, 5) is 11.8. The molecule has 2 atom stereocenters. The number of ether oxygens (including phenoxy) is 1. The van der Waals surface area contributed by atoms with E-state index in [-0.39, 0.29) is 18.7 Å². The molecule has 24 heavy (non-hydrogen) atoms. The Labute approximate surface area is 142 Å². The number of urea groups is 1. The summed E-state index contributed by atoms with van der Waals surface area (Å²) in [7, 11) is 1.47. The van der Waals surface area contributed by atoms with Crippen LogP contribution in [0.1, 0.15) is 44.1 Å². The molecule has 134 valence electrons. The van der Waals surface area contributed by atoms with Crippen molar-refractivity contribution in [1.29, 1.82) is 0 Å². The maximum atomic E-state index is 13.4. The summed E-state index contributed by atoms with van der Waals surface area (Å²) < 4.78 is 18.4. The molecule has 2 rings (SSSR count). The number of aliphatic hydroxyl groups is 1. The van der Waals surface area contributed by atoms with Gasteiger partial charge in [0.2, 0.25) is 0 Å². The summed E-state index contributed by atoms with van der Waals surface area (Å²) >= 11 is 0. The van der Waals surface area contributed by atoms with Gasteiger partial charge in [-0.15, -0.1) is 0 Å². The lowest BCUT2D eigenvalue weighted by Crippen LogP contribution is -2.36. The third-order valence-corrected chi connectivity index (χ3v) is 4.53. The van der Waals surface area contributed by atoms with Crippen LogP contribution in [0.5, 0.6) is 5.75 Å². The number of nitrogens with one attached hydrogen (secondary N) is 2. The molecule has 1 fully saturated rings. The summed E-state index contributed by atoms with van der Waals surface area (Å²) in [5, 5.41) is 15.4. The van der Waals surface area contributed by atoms with E-state index < -0.39 is 5.82 Å². The summed E-state index contributed by atoms with van der Waals surface area (Å²) in [5.74, 6) is 0.402. The maximum Gasteiger partial charge on any atom is 0.315 e. The number of aliphatic hydroxyl groups excluding tert-OH is 1. The second-order valence-corrected chi connectivity index (χ2v) is 6.36. The zero-order chi connectivity index (χ0) is 17.4. The number of hydrogen-bond acceptors (Lipinski definition) is 3. The number of carbonyl (C=O) groups excluding carboxylic acids is 1. The van der Waals surface area contributed by atoms with Crippen molar-refractivity contribution in [1.82, 2.24) is 10.6 Å². The predicted octanol–water partition coefficient (Wildman–Crippen LogP) is 2.96. The van der Waals surface area contributed by atoms with E-state index in [9.17, 15) is 14.3 Å². The number of carbonyl (C=O) groups is 1. The van der Waals surface area contributed by atoms with Gasteiger partial charge in [0.25, 0.3) is 0 Å². The molecule has 0 aliphatic heterocycles. The number of amides is 2. The van der Waals surface area contributed by atoms with E-state index in [1.165, 1.54) is 25.7 Å². The molecule has 1 aromatic rings. The number of rotatable bonds is 7. The number of methoxy groups -OCH3 is 1. The monoisotopic (exact) mass is 338 g/mol. The second-order valence-electron chi connectivity index (χ2n) is 6.36. The van der Waals surface area contributed by atoms with Crippen LogP contribution in [0.4, 0.5) is 9.18 Å². The van der Waals surface area contributed by atoms with Gasteiger partial charge < -0.3 is 20.5 Å². The quantitative estimate of drug-likeness (QED) is 0.670. The summed E-state index contributed by atoms with van der Waals surface area (Å²) in [6, 6.07) is 4.08. The summed E-state index contributed by atoms with van der Waals surface area (Å²) in [6.45, 7) is 0.808. The molecule has 3 N–H and O–H groups in total. The molecule has 0 spiro atoms. The van der Waals surface area contributed by atoms with Crippen LogP contribution in [-0.4, -0.2) is 30.9 Å². The first-order chi connectivity index (χ1) is 11.6. The smallest absolute Gasteiger partial charge is 0.315 e. The Bertz CT molecular complexity index is 539. The lowest BCUT2D eigenvalue weighted by Gasteiger charge is -2.27. The lowest BCUT2D eigenvalue weighted by atomic mass is 9.83. The van der Waals surface area contributed by atoms with Crippen molar-refractivity contribution in [3.63, 3.8) is 0 Å². The van der Waals surface area contributed by atoms with Crippen molar-refractivity contribution < 1.29 is 19.0 Å². The first-order valence-electron chi connectivity index (χ1n) is 8.61. The van der Waals surface area contributed by atoms with Crippen LogP contribution in [0.2, 0.25) is 0 Å². The van der Waals surface area contributed by atoms with Gasteiger partial charge in [0.15, 0.2) is 0 Å². The highest BCUT2D eigenvalue weighted by atomic mass is 19.1. The molecule has 1 aliphatic rings. The molecule has 2 amide bonds. The van der Waals surface area contributed by atoms with Crippen LogP contribution in [0.3, 0.4) is 0 Å². The predicted molar refractivity (Wildman–Crippen MR) is 90.4 cm³/mol. The largest absolute Gasteiger partial charge is 0.497 e. The van der Waals surface area contributed by atoms with Crippen LogP contribution in [-0.2, 0) is 6.54 Å².